The zero-order valence-electron chi connectivity index (χ0n) is 10.9. The number of benzene rings is 1. The SMILES string of the molecule is COC(=O)[C@@H](Cc1ccccc1)O[Si](C)(C)C. The van der Waals surface area contributed by atoms with Crippen LogP contribution >= 0.6 is 0 Å². The van der Waals surface area contributed by atoms with Crippen molar-refractivity contribution < 1.29 is 14.0 Å². The summed E-state index contributed by atoms with van der Waals surface area (Å²) in [6.07, 6.45) is 0.0756. The van der Waals surface area contributed by atoms with Crippen molar-refractivity contribution in [1.82, 2.24) is 0 Å². The summed E-state index contributed by atoms with van der Waals surface area (Å²) in [6.45, 7) is 6.19. The summed E-state index contributed by atoms with van der Waals surface area (Å²) in [4.78, 5) is 11.7. The van der Waals surface area contributed by atoms with Crippen molar-refractivity contribution in [3.8, 4) is 0 Å². The summed E-state index contributed by atoms with van der Waals surface area (Å²) >= 11 is 0. The molecule has 94 valence electrons. The molecule has 4 heteroatoms. The first-order chi connectivity index (χ1) is 7.92. The smallest absolute Gasteiger partial charge is 0.334 e. The van der Waals surface area contributed by atoms with Gasteiger partial charge in [-0.15, -0.1) is 0 Å². The summed E-state index contributed by atoms with van der Waals surface area (Å²) < 4.78 is 10.6. The number of ether oxygens (including phenoxy) is 1. The predicted molar refractivity (Wildman–Crippen MR) is 70.4 cm³/mol. The van der Waals surface area contributed by atoms with Crippen LogP contribution in [-0.2, 0) is 20.4 Å². The van der Waals surface area contributed by atoms with Gasteiger partial charge in [0.25, 0.3) is 0 Å². The highest BCUT2D eigenvalue weighted by Gasteiger charge is 2.27. The van der Waals surface area contributed by atoms with Crippen LogP contribution in [0.5, 0.6) is 0 Å². The van der Waals surface area contributed by atoms with E-state index in [1.807, 2.05) is 30.3 Å². The average molecular weight is 252 g/mol. The molecule has 0 spiro atoms. The Labute approximate surface area is 104 Å². The van der Waals surface area contributed by atoms with Gasteiger partial charge in [-0.3, -0.25) is 0 Å². The number of carbonyl (C=O) groups is 1. The van der Waals surface area contributed by atoms with Crippen LogP contribution < -0.4 is 0 Å². The van der Waals surface area contributed by atoms with Crippen LogP contribution in [0.4, 0.5) is 0 Å². The van der Waals surface area contributed by atoms with Crippen molar-refractivity contribution in [2.45, 2.75) is 32.2 Å². The minimum Gasteiger partial charge on any atom is -0.467 e. The van der Waals surface area contributed by atoms with E-state index in [0.717, 1.165) is 5.56 Å². The fourth-order valence-corrected chi connectivity index (χ4v) is 2.59. The number of hydrogen-bond acceptors (Lipinski definition) is 3. The third kappa shape index (κ3) is 5.15. The van der Waals surface area contributed by atoms with Crippen LogP contribution in [0.1, 0.15) is 5.56 Å². The molecule has 1 aromatic rings. The molecule has 3 nitrogen and oxygen atoms in total. The molecule has 0 N–H and O–H groups in total. The summed E-state index contributed by atoms with van der Waals surface area (Å²) in [5.74, 6) is -0.295. The van der Waals surface area contributed by atoms with Gasteiger partial charge in [0.2, 0.25) is 0 Å². The van der Waals surface area contributed by atoms with Crippen molar-refractivity contribution in [3.05, 3.63) is 35.9 Å². The molecule has 0 aliphatic rings. The van der Waals surface area contributed by atoms with Gasteiger partial charge in [-0.05, 0) is 25.2 Å². The van der Waals surface area contributed by atoms with Crippen LogP contribution in [0.25, 0.3) is 0 Å². The third-order valence-corrected chi connectivity index (χ3v) is 3.22. The van der Waals surface area contributed by atoms with Gasteiger partial charge in [0.05, 0.1) is 7.11 Å². The third-order valence-electron chi connectivity index (χ3n) is 2.22. The number of rotatable bonds is 5. The standard InChI is InChI=1S/C13H20O3Si/c1-15-13(14)12(16-17(2,3)4)10-11-8-6-5-7-9-11/h5-9,12H,10H2,1-4H3/t12-/m1/s1. The van der Waals surface area contributed by atoms with Gasteiger partial charge >= 0.3 is 5.97 Å². The Bertz CT molecular complexity index is 357. The number of esters is 1. The van der Waals surface area contributed by atoms with E-state index >= 15 is 0 Å². The van der Waals surface area contributed by atoms with Gasteiger partial charge in [-0.2, -0.15) is 0 Å². The molecule has 0 bridgehead atoms. The predicted octanol–water partition coefficient (Wildman–Crippen LogP) is 2.62. The fraction of sp³-hybridized carbons (Fsp3) is 0.462. The van der Waals surface area contributed by atoms with Gasteiger partial charge in [0.1, 0.15) is 6.10 Å². The van der Waals surface area contributed by atoms with E-state index in [0.29, 0.717) is 6.42 Å². The maximum atomic E-state index is 11.7. The summed E-state index contributed by atoms with van der Waals surface area (Å²) in [7, 11) is -0.357. The van der Waals surface area contributed by atoms with Crippen molar-refractivity contribution in [1.29, 1.82) is 0 Å². The molecule has 0 heterocycles. The Morgan fingerprint density at radius 3 is 2.29 bits per heavy atom. The maximum absolute atomic E-state index is 11.7. The van der Waals surface area contributed by atoms with Gasteiger partial charge in [0, 0.05) is 6.42 Å². The molecule has 0 aromatic heterocycles. The second-order valence-electron chi connectivity index (χ2n) is 4.93. The Kier molecular flexibility index (Phi) is 4.90. The van der Waals surface area contributed by atoms with Crippen LogP contribution in [0.15, 0.2) is 30.3 Å². The van der Waals surface area contributed by atoms with E-state index in [9.17, 15) is 4.79 Å². The van der Waals surface area contributed by atoms with Crippen LogP contribution in [0, 0.1) is 0 Å². The molecule has 0 aliphatic carbocycles. The quantitative estimate of drug-likeness (QED) is 0.597. The Hall–Kier alpha value is -1.13. The van der Waals surface area contributed by atoms with Crippen LogP contribution in [-0.4, -0.2) is 27.5 Å². The monoisotopic (exact) mass is 252 g/mol. The fourth-order valence-electron chi connectivity index (χ4n) is 1.56. The van der Waals surface area contributed by atoms with Crippen molar-refractivity contribution in [2.75, 3.05) is 7.11 Å². The molecule has 0 saturated carbocycles. The maximum Gasteiger partial charge on any atom is 0.334 e. The molecular formula is C13H20O3Si. The zero-order valence-corrected chi connectivity index (χ0v) is 11.9. The number of methoxy groups -OCH3 is 1. The van der Waals surface area contributed by atoms with Crippen LogP contribution in [0.2, 0.25) is 19.6 Å². The number of hydrogen-bond donors (Lipinski definition) is 0. The highest BCUT2D eigenvalue weighted by molar-refractivity contribution is 6.69. The second-order valence-corrected chi connectivity index (χ2v) is 9.39. The lowest BCUT2D eigenvalue weighted by Gasteiger charge is -2.24. The van der Waals surface area contributed by atoms with E-state index in [-0.39, 0.29) is 5.97 Å². The molecule has 0 saturated heterocycles. The second kappa shape index (κ2) is 5.98. The summed E-state index contributed by atoms with van der Waals surface area (Å²) in [6, 6.07) is 9.85. The van der Waals surface area contributed by atoms with E-state index in [1.54, 1.807) is 0 Å². The van der Waals surface area contributed by atoms with E-state index < -0.39 is 14.4 Å². The van der Waals surface area contributed by atoms with Crippen LogP contribution in [0.3, 0.4) is 0 Å². The highest BCUT2D eigenvalue weighted by Crippen LogP contribution is 2.13. The summed E-state index contributed by atoms with van der Waals surface area (Å²) in [5, 5.41) is 0. The first-order valence-corrected chi connectivity index (χ1v) is 9.13. The van der Waals surface area contributed by atoms with Crippen molar-refractivity contribution in [3.63, 3.8) is 0 Å². The van der Waals surface area contributed by atoms with Crippen molar-refractivity contribution >= 4 is 14.3 Å². The van der Waals surface area contributed by atoms with E-state index in [1.165, 1.54) is 7.11 Å². The first kappa shape index (κ1) is 13.9. The lowest BCUT2D eigenvalue weighted by Crippen LogP contribution is -2.38. The van der Waals surface area contributed by atoms with Gasteiger partial charge in [-0.1, -0.05) is 30.3 Å². The van der Waals surface area contributed by atoms with Gasteiger partial charge in [-0.25, -0.2) is 4.79 Å². The molecule has 17 heavy (non-hydrogen) atoms. The topological polar surface area (TPSA) is 35.5 Å². The molecule has 0 amide bonds. The first-order valence-electron chi connectivity index (χ1n) is 5.72. The minimum atomic E-state index is -1.75. The van der Waals surface area contributed by atoms with Crippen molar-refractivity contribution in [2.24, 2.45) is 0 Å². The number of carbonyl (C=O) groups excluding carboxylic acids is 1. The molecule has 0 unspecified atom stereocenters. The zero-order chi connectivity index (χ0) is 12.9. The molecule has 1 rings (SSSR count). The van der Waals surface area contributed by atoms with Gasteiger partial charge < -0.3 is 9.16 Å². The Balaban J connectivity index is 2.74. The lowest BCUT2D eigenvalue weighted by atomic mass is 10.1. The van der Waals surface area contributed by atoms with E-state index in [4.69, 9.17) is 9.16 Å². The molecule has 0 aliphatic heterocycles. The summed E-state index contributed by atoms with van der Waals surface area (Å²) in [5.41, 5.74) is 1.08. The molecule has 0 fully saturated rings. The van der Waals surface area contributed by atoms with E-state index in [2.05, 4.69) is 19.6 Å². The Morgan fingerprint density at radius 2 is 1.82 bits per heavy atom. The average Bonchev–Trinajstić information content (AvgIpc) is 2.27. The normalized spacial score (nSPS) is 13.2. The molecule has 1 aromatic carbocycles. The molecule has 0 radical (unpaired) electrons. The lowest BCUT2D eigenvalue weighted by molar-refractivity contribution is -0.149. The molecular weight excluding hydrogens is 232 g/mol. The highest BCUT2D eigenvalue weighted by atomic mass is 28.4. The Morgan fingerprint density at radius 1 is 1.24 bits per heavy atom. The largest absolute Gasteiger partial charge is 0.467 e. The van der Waals surface area contributed by atoms with Gasteiger partial charge in [0.15, 0.2) is 8.32 Å². The minimum absolute atomic E-state index is 0.295. The molecule has 1 atom stereocenters.